The summed E-state index contributed by atoms with van der Waals surface area (Å²) < 4.78 is 0. The van der Waals surface area contributed by atoms with Crippen LogP contribution in [0.25, 0.3) is 0 Å². The average Bonchev–Trinajstić information content (AvgIpc) is 2.37. The Morgan fingerprint density at radius 2 is 2.67 bits per heavy atom. The summed E-state index contributed by atoms with van der Waals surface area (Å²) in [6.45, 7) is 3.93. The van der Waals surface area contributed by atoms with Crippen molar-refractivity contribution in [3.05, 3.63) is 0 Å². The van der Waals surface area contributed by atoms with E-state index in [1.165, 1.54) is 0 Å². The van der Waals surface area contributed by atoms with Gasteiger partial charge in [-0.25, -0.2) is 0 Å². The van der Waals surface area contributed by atoms with E-state index in [-0.39, 0.29) is 12.5 Å². The van der Waals surface area contributed by atoms with Crippen LogP contribution < -0.4 is 5.32 Å². The summed E-state index contributed by atoms with van der Waals surface area (Å²) >= 11 is 0. The summed E-state index contributed by atoms with van der Waals surface area (Å²) in [5.41, 5.74) is 0. The molecule has 0 saturated carbocycles. The van der Waals surface area contributed by atoms with Crippen LogP contribution in [0, 0.1) is 5.92 Å². The number of aliphatic imine (C=N–C) groups is 1. The second kappa shape index (κ2) is 2.82. The fourth-order valence-corrected chi connectivity index (χ4v) is 0.833. The first kappa shape index (κ1) is 6.55. The lowest BCUT2D eigenvalue weighted by Crippen LogP contribution is -2.27. The number of amidine groups is 1. The second-order valence-corrected chi connectivity index (χ2v) is 2.28. The highest BCUT2D eigenvalue weighted by atomic mass is 16.3. The fraction of sp³-hybridized carbons (Fsp3) is 0.833. The van der Waals surface area contributed by atoms with Crippen molar-refractivity contribution in [2.45, 2.75) is 6.92 Å². The second-order valence-electron chi connectivity index (χ2n) is 2.28. The maximum atomic E-state index is 8.67. The van der Waals surface area contributed by atoms with Crippen LogP contribution in [-0.4, -0.2) is 30.6 Å². The molecule has 0 aliphatic carbocycles. The molecular formula is C6H12N2O. The standard InChI is InChI=1S/C6H12N2O/c1-5(4-9)6-7-2-3-8-6/h5,9H,2-4H2,1H3,(H,7,8). The Labute approximate surface area is 54.8 Å². The number of aliphatic hydroxyl groups is 1. The van der Waals surface area contributed by atoms with Crippen molar-refractivity contribution in [3.8, 4) is 0 Å². The molecule has 1 unspecified atom stereocenters. The quantitative estimate of drug-likeness (QED) is 0.532. The van der Waals surface area contributed by atoms with E-state index in [1.54, 1.807) is 0 Å². The van der Waals surface area contributed by atoms with Crippen LogP contribution in [-0.2, 0) is 0 Å². The summed E-state index contributed by atoms with van der Waals surface area (Å²) in [7, 11) is 0. The van der Waals surface area contributed by atoms with Gasteiger partial charge in [-0.3, -0.25) is 4.99 Å². The Balaban J connectivity index is 2.40. The zero-order chi connectivity index (χ0) is 6.69. The van der Waals surface area contributed by atoms with Gasteiger partial charge in [0.05, 0.1) is 13.2 Å². The molecule has 0 aromatic heterocycles. The van der Waals surface area contributed by atoms with Crippen LogP contribution in [0.1, 0.15) is 6.92 Å². The van der Waals surface area contributed by atoms with Crippen molar-refractivity contribution in [1.82, 2.24) is 5.32 Å². The minimum Gasteiger partial charge on any atom is -0.396 e. The van der Waals surface area contributed by atoms with Crippen LogP contribution in [0.2, 0.25) is 0 Å². The van der Waals surface area contributed by atoms with Crippen LogP contribution in [0.4, 0.5) is 0 Å². The smallest absolute Gasteiger partial charge is 0.102 e. The molecule has 1 atom stereocenters. The van der Waals surface area contributed by atoms with Gasteiger partial charge in [0, 0.05) is 12.5 Å². The first-order valence-electron chi connectivity index (χ1n) is 3.23. The number of nitrogens with one attached hydrogen (secondary N) is 1. The van der Waals surface area contributed by atoms with E-state index in [9.17, 15) is 0 Å². The molecule has 2 N–H and O–H groups in total. The molecule has 0 aromatic carbocycles. The van der Waals surface area contributed by atoms with Gasteiger partial charge in [-0.2, -0.15) is 0 Å². The van der Waals surface area contributed by atoms with E-state index in [4.69, 9.17) is 5.11 Å². The lowest BCUT2D eigenvalue weighted by atomic mass is 10.2. The van der Waals surface area contributed by atoms with Crippen LogP contribution >= 0.6 is 0 Å². The van der Waals surface area contributed by atoms with Gasteiger partial charge in [0.25, 0.3) is 0 Å². The number of hydrogen-bond donors (Lipinski definition) is 2. The number of nitrogens with zero attached hydrogens (tertiary/aromatic N) is 1. The summed E-state index contributed by atoms with van der Waals surface area (Å²) in [5, 5.41) is 11.8. The Bertz CT molecular complexity index is 122. The molecule has 0 saturated heterocycles. The van der Waals surface area contributed by atoms with Gasteiger partial charge in [-0.05, 0) is 0 Å². The molecule has 52 valence electrons. The number of rotatable bonds is 2. The highest BCUT2D eigenvalue weighted by Crippen LogP contribution is 1.98. The van der Waals surface area contributed by atoms with Crippen molar-refractivity contribution in [2.75, 3.05) is 19.7 Å². The molecule has 9 heavy (non-hydrogen) atoms. The Morgan fingerprint density at radius 3 is 3.11 bits per heavy atom. The zero-order valence-corrected chi connectivity index (χ0v) is 5.59. The molecule has 0 spiro atoms. The van der Waals surface area contributed by atoms with Gasteiger partial charge in [-0.1, -0.05) is 6.92 Å². The molecule has 0 radical (unpaired) electrons. The Morgan fingerprint density at radius 1 is 1.89 bits per heavy atom. The lowest BCUT2D eigenvalue weighted by Gasteiger charge is -2.06. The number of aliphatic hydroxyl groups excluding tert-OH is 1. The van der Waals surface area contributed by atoms with Crippen molar-refractivity contribution in [1.29, 1.82) is 0 Å². The van der Waals surface area contributed by atoms with Crippen LogP contribution in [0.3, 0.4) is 0 Å². The summed E-state index contributed by atoms with van der Waals surface area (Å²) in [5.74, 6) is 1.14. The van der Waals surface area contributed by atoms with Crippen molar-refractivity contribution in [2.24, 2.45) is 10.9 Å². The lowest BCUT2D eigenvalue weighted by molar-refractivity contribution is 0.268. The molecule has 3 nitrogen and oxygen atoms in total. The van der Waals surface area contributed by atoms with Gasteiger partial charge < -0.3 is 10.4 Å². The molecule has 1 heterocycles. The van der Waals surface area contributed by atoms with Gasteiger partial charge in [0.2, 0.25) is 0 Å². The SMILES string of the molecule is CC(CO)C1=NCCN1. The summed E-state index contributed by atoms with van der Waals surface area (Å²) in [6, 6.07) is 0. The van der Waals surface area contributed by atoms with E-state index < -0.39 is 0 Å². The van der Waals surface area contributed by atoms with Crippen molar-refractivity contribution in [3.63, 3.8) is 0 Å². The molecule has 3 heteroatoms. The zero-order valence-electron chi connectivity index (χ0n) is 5.59. The minimum atomic E-state index is 0.186. The van der Waals surface area contributed by atoms with Gasteiger partial charge in [0.1, 0.15) is 5.84 Å². The largest absolute Gasteiger partial charge is 0.396 e. The van der Waals surface area contributed by atoms with Gasteiger partial charge >= 0.3 is 0 Å². The van der Waals surface area contributed by atoms with E-state index in [1.807, 2.05) is 6.92 Å². The molecular weight excluding hydrogens is 116 g/mol. The predicted octanol–water partition coefficient (Wildman–Crippen LogP) is -0.384. The van der Waals surface area contributed by atoms with E-state index in [0.29, 0.717) is 0 Å². The monoisotopic (exact) mass is 128 g/mol. The highest BCUT2D eigenvalue weighted by molar-refractivity contribution is 5.85. The topological polar surface area (TPSA) is 44.6 Å². The molecule has 0 fully saturated rings. The Kier molecular flexibility index (Phi) is 2.05. The average molecular weight is 128 g/mol. The fourth-order valence-electron chi connectivity index (χ4n) is 0.833. The third kappa shape index (κ3) is 1.42. The summed E-state index contributed by atoms with van der Waals surface area (Å²) in [6.07, 6.45) is 0. The molecule has 1 aliphatic heterocycles. The van der Waals surface area contributed by atoms with Crippen LogP contribution in [0.5, 0.6) is 0 Å². The highest BCUT2D eigenvalue weighted by Gasteiger charge is 2.11. The maximum Gasteiger partial charge on any atom is 0.102 e. The molecule has 1 rings (SSSR count). The summed E-state index contributed by atoms with van der Waals surface area (Å²) in [4.78, 5) is 4.15. The maximum absolute atomic E-state index is 8.67. The molecule has 0 amide bonds. The molecule has 1 aliphatic rings. The van der Waals surface area contributed by atoms with Crippen LogP contribution in [0.15, 0.2) is 4.99 Å². The minimum absolute atomic E-state index is 0.186. The van der Waals surface area contributed by atoms with Gasteiger partial charge in [-0.15, -0.1) is 0 Å². The third-order valence-corrected chi connectivity index (χ3v) is 1.44. The third-order valence-electron chi connectivity index (χ3n) is 1.44. The molecule has 0 bridgehead atoms. The van der Waals surface area contributed by atoms with Crippen molar-refractivity contribution < 1.29 is 5.11 Å². The normalized spacial score (nSPS) is 20.9. The molecule has 0 aromatic rings. The first-order valence-corrected chi connectivity index (χ1v) is 3.23. The number of hydrogen-bond acceptors (Lipinski definition) is 3. The van der Waals surface area contributed by atoms with E-state index in [0.717, 1.165) is 18.9 Å². The predicted molar refractivity (Wildman–Crippen MR) is 36.6 cm³/mol. The van der Waals surface area contributed by atoms with E-state index in [2.05, 4.69) is 10.3 Å². The first-order chi connectivity index (χ1) is 4.34. The van der Waals surface area contributed by atoms with Crippen molar-refractivity contribution >= 4 is 5.84 Å². The Hall–Kier alpha value is -0.570. The van der Waals surface area contributed by atoms with Gasteiger partial charge in [0.15, 0.2) is 0 Å². The van der Waals surface area contributed by atoms with E-state index >= 15 is 0 Å².